The van der Waals surface area contributed by atoms with Crippen LogP contribution in [-0.2, 0) is 10.2 Å². The first-order valence-electron chi connectivity index (χ1n) is 5.57. The van der Waals surface area contributed by atoms with Crippen LogP contribution in [0.4, 0.5) is 13.2 Å². The normalized spacial score (nSPS) is 13.4. The molecule has 108 valence electrons. The van der Waals surface area contributed by atoms with Crippen molar-refractivity contribution in [3.05, 3.63) is 5.82 Å². The second kappa shape index (κ2) is 4.78. The summed E-state index contributed by atoms with van der Waals surface area (Å²) in [5, 5.41) is 15.3. The first-order valence-corrected chi connectivity index (χ1v) is 5.57. The van der Waals surface area contributed by atoms with E-state index in [9.17, 15) is 18.0 Å². The Labute approximate surface area is 108 Å². The molecule has 0 bridgehead atoms. The Kier molecular flexibility index (Phi) is 3.87. The Morgan fingerprint density at radius 1 is 1.26 bits per heavy atom. The number of hydrogen-bond acceptors (Lipinski definition) is 4. The predicted octanol–water partition coefficient (Wildman–Crippen LogP) is 1.32. The van der Waals surface area contributed by atoms with Crippen molar-refractivity contribution in [2.45, 2.75) is 51.2 Å². The van der Waals surface area contributed by atoms with Crippen molar-refractivity contribution < 1.29 is 18.0 Å². The van der Waals surface area contributed by atoms with E-state index in [-0.39, 0.29) is 5.82 Å². The Hall–Kier alpha value is -1.67. The van der Waals surface area contributed by atoms with E-state index >= 15 is 0 Å². The fourth-order valence-corrected chi connectivity index (χ4v) is 1.54. The zero-order valence-corrected chi connectivity index (χ0v) is 11.1. The number of aromatic nitrogens is 4. The minimum atomic E-state index is -4.35. The molecule has 1 rings (SSSR count). The first-order chi connectivity index (χ1) is 8.44. The molecule has 0 saturated carbocycles. The first kappa shape index (κ1) is 15.4. The number of alkyl halides is 3. The molecule has 0 aliphatic rings. The number of aromatic amines is 1. The van der Waals surface area contributed by atoms with Crippen LogP contribution in [0.15, 0.2) is 0 Å². The maximum atomic E-state index is 12.4. The lowest BCUT2D eigenvalue weighted by molar-refractivity contribution is -0.150. The van der Waals surface area contributed by atoms with E-state index < -0.39 is 29.5 Å². The molecule has 1 amide bonds. The third kappa shape index (κ3) is 4.18. The van der Waals surface area contributed by atoms with Crippen molar-refractivity contribution >= 4 is 5.91 Å². The van der Waals surface area contributed by atoms with Gasteiger partial charge in [-0.1, -0.05) is 5.21 Å². The Morgan fingerprint density at radius 3 is 2.26 bits per heavy atom. The number of halogens is 3. The summed E-state index contributed by atoms with van der Waals surface area (Å²) in [5.74, 6) is -0.476. The summed E-state index contributed by atoms with van der Waals surface area (Å²) in [7, 11) is 0. The molecule has 1 aromatic rings. The average Bonchev–Trinajstić information content (AvgIpc) is 2.64. The zero-order chi connectivity index (χ0) is 14.9. The van der Waals surface area contributed by atoms with Gasteiger partial charge in [-0.05, 0) is 27.7 Å². The summed E-state index contributed by atoms with van der Waals surface area (Å²) < 4.78 is 37.1. The van der Waals surface area contributed by atoms with Crippen molar-refractivity contribution in [1.82, 2.24) is 25.9 Å². The van der Waals surface area contributed by atoms with E-state index in [2.05, 4.69) is 25.9 Å². The molecule has 0 aliphatic carbocycles. The summed E-state index contributed by atoms with van der Waals surface area (Å²) >= 11 is 0. The van der Waals surface area contributed by atoms with Crippen LogP contribution in [0.3, 0.4) is 0 Å². The van der Waals surface area contributed by atoms with Gasteiger partial charge in [0.05, 0.1) is 6.42 Å². The van der Waals surface area contributed by atoms with Crippen LogP contribution in [-0.4, -0.2) is 38.2 Å². The Balaban J connectivity index is 2.79. The predicted molar refractivity (Wildman–Crippen MR) is 60.1 cm³/mol. The summed E-state index contributed by atoms with van der Waals surface area (Å²) in [5.41, 5.74) is -2.58. The largest absolute Gasteiger partial charge is 0.391 e. The van der Waals surface area contributed by atoms with Crippen LogP contribution in [0, 0.1) is 0 Å². The van der Waals surface area contributed by atoms with E-state index in [4.69, 9.17) is 0 Å². The highest BCUT2D eigenvalue weighted by Crippen LogP contribution is 2.28. The molecule has 19 heavy (non-hydrogen) atoms. The summed E-state index contributed by atoms with van der Waals surface area (Å²) in [6.45, 7) is 5.64. The molecule has 0 unspecified atom stereocenters. The van der Waals surface area contributed by atoms with Gasteiger partial charge >= 0.3 is 6.18 Å². The topological polar surface area (TPSA) is 83.6 Å². The van der Waals surface area contributed by atoms with Gasteiger partial charge in [0.2, 0.25) is 5.91 Å². The van der Waals surface area contributed by atoms with Gasteiger partial charge in [-0.15, -0.1) is 10.2 Å². The highest BCUT2D eigenvalue weighted by atomic mass is 19.4. The van der Waals surface area contributed by atoms with Crippen LogP contribution >= 0.6 is 0 Å². The molecule has 0 radical (unpaired) electrons. The number of carbonyl (C=O) groups excluding carboxylic acids is 1. The lowest BCUT2D eigenvalue weighted by Gasteiger charge is -2.31. The van der Waals surface area contributed by atoms with E-state index in [0.29, 0.717) is 0 Å². The second-order valence-electron chi connectivity index (χ2n) is 5.49. The summed E-state index contributed by atoms with van der Waals surface area (Å²) in [6.07, 6.45) is -5.47. The molecule has 0 atom stereocenters. The van der Waals surface area contributed by atoms with Gasteiger partial charge in [0, 0.05) is 5.54 Å². The van der Waals surface area contributed by atoms with Gasteiger partial charge in [0.15, 0.2) is 5.82 Å². The molecular weight excluding hydrogens is 263 g/mol. The molecule has 6 nitrogen and oxygen atoms in total. The molecule has 2 N–H and O–H groups in total. The lowest BCUT2D eigenvalue weighted by Crippen LogP contribution is -2.52. The summed E-state index contributed by atoms with van der Waals surface area (Å²) in [4.78, 5) is 12.1. The maximum Gasteiger partial charge on any atom is 0.391 e. The SMILES string of the molecule is CC(C)(CC(F)(F)F)NC(=O)C(C)(C)c1nn[nH]n1. The van der Waals surface area contributed by atoms with Gasteiger partial charge < -0.3 is 5.32 Å². The fraction of sp³-hybridized carbons (Fsp3) is 0.800. The maximum absolute atomic E-state index is 12.4. The third-order valence-corrected chi connectivity index (χ3v) is 2.57. The van der Waals surface area contributed by atoms with Gasteiger partial charge in [0.1, 0.15) is 5.41 Å². The smallest absolute Gasteiger partial charge is 0.350 e. The number of carbonyl (C=O) groups is 1. The number of H-pyrrole nitrogens is 1. The van der Waals surface area contributed by atoms with Crippen molar-refractivity contribution in [2.24, 2.45) is 0 Å². The Bertz CT molecular complexity index is 439. The zero-order valence-electron chi connectivity index (χ0n) is 11.1. The van der Waals surface area contributed by atoms with Crippen LogP contribution < -0.4 is 5.32 Å². The molecule has 0 aromatic carbocycles. The number of nitrogens with one attached hydrogen (secondary N) is 2. The molecule has 9 heteroatoms. The highest BCUT2D eigenvalue weighted by Gasteiger charge is 2.41. The van der Waals surface area contributed by atoms with Crippen LogP contribution in [0.5, 0.6) is 0 Å². The molecule has 0 saturated heterocycles. The molecule has 1 heterocycles. The molecular formula is C10H16F3N5O. The second-order valence-corrected chi connectivity index (χ2v) is 5.49. The van der Waals surface area contributed by atoms with Crippen molar-refractivity contribution in [3.63, 3.8) is 0 Å². The summed E-state index contributed by atoms with van der Waals surface area (Å²) in [6, 6.07) is 0. The number of hydrogen-bond donors (Lipinski definition) is 2. The average molecular weight is 279 g/mol. The minimum absolute atomic E-state index is 0.118. The van der Waals surface area contributed by atoms with Crippen LogP contribution in [0.25, 0.3) is 0 Å². The van der Waals surface area contributed by atoms with E-state index in [1.807, 2.05) is 0 Å². The van der Waals surface area contributed by atoms with E-state index in [0.717, 1.165) is 0 Å². The van der Waals surface area contributed by atoms with Crippen LogP contribution in [0.1, 0.15) is 39.9 Å². The van der Waals surface area contributed by atoms with E-state index in [1.54, 1.807) is 0 Å². The number of rotatable bonds is 4. The quantitative estimate of drug-likeness (QED) is 0.870. The van der Waals surface area contributed by atoms with Gasteiger partial charge in [-0.3, -0.25) is 4.79 Å². The monoisotopic (exact) mass is 279 g/mol. The van der Waals surface area contributed by atoms with Gasteiger partial charge in [0.25, 0.3) is 0 Å². The van der Waals surface area contributed by atoms with Gasteiger partial charge in [-0.25, -0.2) is 0 Å². The molecule has 0 spiro atoms. The minimum Gasteiger partial charge on any atom is -0.350 e. The highest BCUT2D eigenvalue weighted by molar-refractivity contribution is 5.86. The Morgan fingerprint density at radius 2 is 1.84 bits per heavy atom. The standard InChI is InChI=1S/C10H16F3N5O/c1-8(2,5-10(11,12)13)14-7(19)9(3,4)6-15-17-18-16-6/h5H2,1-4H3,(H,14,19)(H,15,16,17,18). The van der Waals surface area contributed by atoms with Crippen molar-refractivity contribution in [3.8, 4) is 0 Å². The number of amides is 1. The molecule has 1 aromatic heterocycles. The lowest BCUT2D eigenvalue weighted by atomic mass is 9.89. The number of nitrogens with zero attached hydrogens (tertiary/aromatic N) is 3. The molecule has 0 aliphatic heterocycles. The van der Waals surface area contributed by atoms with Crippen LogP contribution in [0.2, 0.25) is 0 Å². The third-order valence-electron chi connectivity index (χ3n) is 2.57. The van der Waals surface area contributed by atoms with Crippen molar-refractivity contribution in [1.29, 1.82) is 0 Å². The van der Waals surface area contributed by atoms with E-state index in [1.165, 1.54) is 27.7 Å². The number of tetrazole rings is 1. The molecule has 0 fully saturated rings. The van der Waals surface area contributed by atoms with Crippen molar-refractivity contribution in [2.75, 3.05) is 0 Å². The fourth-order valence-electron chi connectivity index (χ4n) is 1.54. The van der Waals surface area contributed by atoms with Gasteiger partial charge in [-0.2, -0.15) is 18.4 Å².